The predicted molar refractivity (Wildman–Crippen MR) is 54.2 cm³/mol. The first-order valence-electron chi connectivity index (χ1n) is 5.30. The van der Waals surface area contributed by atoms with Crippen molar-refractivity contribution in [2.45, 2.75) is 25.7 Å². The van der Waals surface area contributed by atoms with Crippen LogP contribution in [0.3, 0.4) is 0 Å². The zero-order valence-electron chi connectivity index (χ0n) is 9.12. The van der Waals surface area contributed by atoms with Gasteiger partial charge in [0.15, 0.2) is 0 Å². The molecule has 0 saturated carbocycles. The zero-order chi connectivity index (χ0) is 11.7. The second kappa shape index (κ2) is 4.08. The molecule has 5 heteroatoms. The minimum absolute atomic E-state index is 0.277. The summed E-state index contributed by atoms with van der Waals surface area (Å²) < 4.78 is 4.46. The Balaban J connectivity index is 2.18. The van der Waals surface area contributed by atoms with Crippen LogP contribution in [0.4, 0.5) is 0 Å². The number of ether oxygens (including phenoxy) is 1. The summed E-state index contributed by atoms with van der Waals surface area (Å²) in [5, 5.41) is 0. The smallest absolute Gasteiger partial charge is 0.325 e. The maximum Gasteiger partial charge on any atom is 0.325 e. The van der Waals surface area contributed by atoms with Crippen molar-refractivity contribution in [2.75, 3.05) is 13.7 Å². The Labute approximate surface area is 93.0 Å². The Kier molecular flexibility index (Phi) is 2.77. The van der Waals surface area contributed by atoms with Gasteiger partial charge in [-0.05, 0) is 25.7 Å². The summed E-state index contributed by atoms with van der Waals surface area (Å²) in [7, 11) is 1.24. The first-order chi connectivity index (χ1) is 7.65. The molecule has 0 fully saturated rings. The van der Waals surface area contributed by atoms with E-state index in [4.69, 9.17) is 0 Å². The number of hydrogen-bond donors (Lipinski definition) is 0. The third-order valence-electron chi connectivity index (χ3n) is 2.99. The van der Waals surface area contributed by atoms with E-state index in [-0.39, 0.29) is 18.4 Å². The van der Waals surface area contributed by atoms with E-state index in [1.54, 1.807) is 0 Å². The van der Waals surface area contributed by atoms with E-state index in [1.807, 2.05) is 0 Å². The van der Waals surface area contributed by atoms with Gasteiger partial charge in [0, 0.05) is 11.1 Å². The molecule has 0 aromatic heterocycles. The fourth-order valence-electron chi connectivity index (χ4n) is 2.13. The first-order valence-corrected chi connectivity index (χ1v) is 5.30. The molecule has 0 unspecified atom stereocenters. The van der Waals surface area contributed by atoms with Gasteiger partial charge in [-0.2, -0.15) is 0 Å². The number of amides is 2. The Morgan fingerprint density at radius 1 is 1.19 bits per heavy atom. The van der Waals surface area contributed by atoms with Crippen molar-refractivity contribution in [3.8, 4) is 0 Å². The van der Waals surface area contributed by atoms with Crippen LogP contribution in [0.1, 0.15) is 25.7 Å². The lowest BCUT2D eigenvalue weighted by molar-refractivity contribution is -0.150. The minimum atomic E-state index is -0.568. The number of hydrogen-bond acceptors (Lipinski definition) is 4. The number of carbonyl (C=O) groups excluding carboxylic acids is 3. The van der Waals surface area contributed by atoms with Gasteiger partial charge in [-0.15, -0.1) is 0 Å². The molecule has 0 spiro atoms. The molecule has 2 amide bonds. The van der Waals surface area contributed by atoms with Crippen molar-refractivity contribution in [1.82, 2.24) is 4.90 Å². The highest BCUT2D eigenvalue weighted by molar-refractivity contribution is 6.20. The van der Waals surface area contributed by atoms with Crippen molar-refractivity contribution in [3.63, 3.8) is 0 Å². The maximum atomic E-state index is 11.8. The monoisotopic (exact) mass is 223 g/mol. The fraction of sp³-hybridized carbons (Fsp3) is 0.545. The van der Waals surface area contributed by atoms with Crippen LogP contribution < -0.4 is 0 Å². The molecule has 16 heavy (non-hydrogen) atoms. The van der Waals surface area contributed by atoms with Gasteiger partial charge in [-0.3, -0.25) is 19.3 Å². The molecule has 0 atom stereocenters. The van der Waals surface area contributed by atoms with E-state index < -0.39 is 5.97 Å². The highest BCUT2D eigenvalue weighted by Crippen LogP contribution is 2.32. The third-order valence-corrected chi connectivity index (χ3v) is 2.99. The van der Waals surface area contributed by atoms with E-state index >= 15 is 0 Å². The van der Waals surface area contributed by atoms with Gasteiger partial charge in [0.05, 0.1) is 7.11 Å². The Hall–Kier alpha value is -1.65. The molecule has 0 N–H and O–H groups in total. The summed E-state index contributed by atoms with van der Waals surface area (Å²) >= 11 is 0. The molecule has 2 rings (SSSR count). The van der Waals surface area contributed by atoms with Gasteiger partial charge >= 0.3 is 5.97 Å². The Morgan fingerprint density at radius 2 is 1.69 bits per heavy atom. The number of imide groups is 1. The van der Waals surface area contributed by atoms with Crippen molar-refractivity contribution >= 4 is 17.8 Å². The van der Waals surface area contributed by atoms with Crippen LogP contribution in [-0.2, 0) is 19.1 Å². The normalized spacial score (nSPS) is 20.2. The number of carbonyl (C=O) groups is 3. The highest BCUT2D eigenvalue weighted by Gasteiger charge is 2.39. The molecular weight excluding hydrogens is 210 g/mol. The van der Waals surface area contributed by atoms with E-state index in [2.05, 4.69) is 4.74 Å². The molecule has 2 aliphatic rings. The number of nitrogens with zero attached hydrogens (tertiary/aromatic N) is 1. The largest absolute Gasteiger partial charge is 0.468 e. The third kappa shape index (κ3) is 1.62. The van der Waals surface area contributed by atoms with E-state index in [9.17, 15) is 14.4 Å². The molecule has 0 bridgehead atoms. The molecule has 0 aromatic rings. The van der Waals surface area contributed by atoms with Gasteiger partial charge in [-0.1, -0.05) is 0 Å². The van der Waals surface area contributed by atoms with Crippen molar-refractivity contribution < 1.29 is 19.1 Å². The summed E-state index contributed by atoms with van der Waals surface area (Å²) in [4.78, 5) is 35.7. The number of methoxy groups -OCH3 is 1. The summed E-state index contributed by atoms with van der Waals surface area (Å²) in [5.41, 5.74) is 1.19. The van der Waals surface area contributed by atoms with Crippen LogP contribution in [0, 0.1) is 0 Å². The van der Waals surface area contributed by atoms with Crippen LogP contribution in [0.2, 0.25) is 0 Å². The van der Waals surface area contributed by atoms with E-state index in [0.29, 0.717) is 24.0 Å². The van der Waals surface area contributed by atoms with Gasteiger partial charge in [-0.25, -0.2) is 0 Å². The lowest BCUT2D eigenvalue weighted by atomic mass is 9.93. The standard InChI is InChI=1S/C11H13NO4/c1-16-9(13)6-12-10(14)7-4-2-3-5-8(7)11(12)15/h2-6H2,1H3. The molecule has 0 aromatic carbocycles. The molecular formula is C11H13NO4. The van der Waals surface area contributed by atoms with E-state index in [1.165, 1.54) is 7.11 Å². The van der Waals surface area contributed by atoms with E-state index in [0.717, 1.165) is 17.7 Å². The molecule has 0 radical (unpaired) electrons. The van der Waals surface area contributed by atoms with Gasteiger partial charge in [0.2, 0.25) is 0 Å². The van der Waals surface area contributed by atoms with Crippen LogP contribution in [0.25, 0.3) is 0 Å². The summed E-state index contributed by atoms with van der Waals surface area (Å²) in [6.07, 6.45) is 3.17. The molecule has 0 saturated heterocycles. The minimum Gasteiger partial charge on any atom is -0.468 e. The van der Waals surface area contributed by atoms with Gasteiger partial charge in [0.1, 0.15) is 6.54 Å². The lowest BCUT2D eigenvalue weighted by Gasteiger charge is -2.12. The maximum absolute atomic E-state index is 11.8. The molecule has 86 valence electrons. The van der Waals surface area contributed by atoms with Crippen molar-refractivity contribution in [3.05, 3.63) is 11.1 Å². The Morgan fingerprint density at radius 3 is 2.12 bits per heavy atom. The van der Waals surface area contributed by atoms with Crippen LogP contribution >= 0.6 is 0 Å². The predicted octanol–water partition coefficient (Wildman–Crippen LogP) is 0.399. The summed E-state index contributed by atoms with van der Waals surface area (Å²) in [5.74, 6) is -1.20. The van der Waals surface area contributed by atoms with Gasteiger partial charge < -0.3 is 4.74 Å². The molecule has 1 heterocycles. The average molecular weight is 223 g/mol. The van der Waals surface area contributed by atoms with Crippen LogP contribution in [-0.4, -0.2) is 36.3 Å². The number of rotatable bonds is 2. The second-order valence-electron chi connectivity index (χ2n) is 3.94. The highest BCUT2D eigenvalue weighted by atomic mass is 16.5. The summed E-state index contributed by atoms with van der Waals surface area (Å²) in [6.45, 7) is -0.277. The first kappa shape index (κ1) is 10.9. The topological polar surface area (TPSA) is 63.7 Å². The molecule has 1 aliphatic carbocycles. The van der Waals surface area contributed by atoms with Crippen LogP contribution in [0.15, 0.2) is 11.1 Å². The number of esters is 1. The molecule has 1 aliphatic heterocycles. The SMILES string of the molecule is COC(=O)CN1C(=O)C2=C(CCCC2)C1=O. The quantitative estimate of drug-likeness (QED) is 0.502. The zero-order valence-corrected chi connectivity index (χ0v) is 9.12. The van der Waals surface area contributed by atoms with Crippen molar-refractivity contribution in [2.24, 2.45) is 0 Å². The van der Waals surface area contributed by atoms with Gasteiger partial charge in [0.25, 0.3) is 11.8 Å². The van der Waals surface area contributed by atoms with Crippen molar-refractivity contribution in [1.29, 1.82) is 0 Å². The summed E-state index contributed by atoms with van der Waals surface area (Å²) in [6, 6.07) is 0. The molecule has 5 nitrogen and oxygen atoms in total. The Bertz CT molecular complexity index is 369. The second-order valence-corrected chi connectivity index (χ2v) is 3.94. The average Bonchev–Trinajstić information content (AvgIpc) is 2.55. The van der Waals surface area contributed by atoms with Crippen LogP contribution in [0.5, 0.6) is 0 Å². The lowest BCUT2D eigenvalue weighted by Crippen LogP contribution is -2.36. The fourth-order valence-corrected chi connectivity index (χ4v) is 2.13.